The summed E-state index contributed by atoms with van der Waals surface area (Å²) in [5.74, 6) is -1.31. The van der Waals surface area contributed by atoms with Crippen molar-refractivity contribution in [3.63, 3.8) is 0 Å². The number of nitrogens with one attached hydrogen (secondary N) is 1. The summed E-state index contributed by atoms with van der Waals surface area (Å²) in [5.41, 5.74) is 0.497. The van der Waals surface area contributed by atoms with Crippen LogP contribution in [0.4, 0.5) is 8.78 Å². The highest BCUT2D eigenvalue weighted by Crippen LogP contribution is 2.25. The molecule has 0 saturated heterocycles. The second-order valence-corrected chi connectivity index (χ2v) is 3.08. The molecule has 5 heteroatoms. The summed E-state index contributed by atoms with van der Waals surface area (Å²) in [6.45, 7) is 0. The van der Waals surface area contributed by atoms with Gasteiger partial charge in [-0.05, 0) is 15.9 Å². The predicted molar refractivity (Wildman–Crippen MR) is 43.7 cm³/mol. The number of aromatic amines is 1. The first-order valence-electron chi connectivity index (χ1n) is 3.16. The number of H-pyrrole nitrogens is 1. The third-order valence-corrected chi connectivity index (χ3v) is 2.28. The number of imidazole rings is 1. The molecule has 0 atom stereocenters. The van der Waals surface area contributed by atoms with Crippen molar-refractivity contribution < 1.29 is 8.78 Å². The lowest BCUT2D eigenvalue weighted by Gasteiger charge is -1.96. The topological polar surface area (TPSA) is 28.7 Å². The van der Waals surface area contributed by atoms with Crippen molar-refractivity contribution in [1.82, 2.24) is 9.97 Å². The van der Waals surface area contributed by atoms with Gasteiger partial charge in [0.15, 0.2) is 5.82 Å². The second-order valence-electron chi connectivity index (χ2n) is 2.29. The van der Waals surface area contributed by atoms with E-state index in [2.05, 4.69) is 25.9 Å². The molecule has 1 aromatic carbocycles. The maximum Gasteiger partial charge on any atom is 0.168 e. The summed E-state index contributed by atoms with van der Waals surface area (Å²) in [7, 11) is 0. The zero-order valence-corrected chi connectivity index (χ0v) is 7.32. The Morgan fingerprint density at radius 2 is 2.17 bits per heavy atom. The number of hydrogen-bond donors (Lipinski definition) is 1. The highest BCUT2D eigenvalue weighted by Gasteiger charge is 2.12. The van der Waals surface area contributed by atoms with Crippen LogP contribution in [-0.4, -0.2) is 9.97 Å². The van der Waals surface area contributed by atoms with Crippen LogP contribution in [-0.2, 0) is 0 Å². The quantitative estimate of drug-likeness (QED) is 0.696. The Labute approximate surface area is 74.7 Å². The van der Waals surface area contributed by atoms with Crippen molar-refractivity contribution in [3.05, 3.63) is 28.5 Å². The third kappa shape index (κ3) is 0.929. The van der Waals surface area contributed by atoms with Gasteiger partial charge in [-0.15, -0.1) is 0 Å². The first-order valence-corrected chi connectivity index (χ1v) is 3.96. The molecule has 62 valence electrons. The van der Waals surface area contributed by atoms with E-state index < -0.39 is 11.6 Å². The number of rotatable bonds is 0. The van der Waals surface area contributed by atoms with E-state index in [1.54, 1.807) is 0 Å². The van der Waals surface area contributed by atoms with E-state index in [1.807, 2.05) is 0 Å². The highest BCUT2D eigenvalue weighted by atomic mass is 79.9. The molecule has 1 heterocycles. The fraction of sp³-hybridized carbons (Fsp3) is 0. The molecule has 1 N–H and O–H groups in total. The van der Waals surface area contributed by atoms with Crippen molar-refractivity contribution in [3.8, 4) is 0 Å². The summed E-state index contributed by atoms with van der Waals surface area (Å²) >= 11 is 2.78. The zero-order valence-electron chi connectivity index (χ0n) is 5.74. The van der Waals surface area contributed by atoms with Gasteiger partial charge < -0.3 is 4.98 Å². The molecule has 12 heavy (non-hydrogen) atoms. The third-order valence-electron chi connectivity index (χ3n) is 1.55. The number of aromatic nitrogens is 2. The van der Waals surface area contributed by atoms with Crippen LogP contribution < -0.4 is 0 Å². The average Bonchev–Trinajstić information content (AvgIpc) is 2.48. The van der Waals surface area contributed by atoms with Gasteiger partial charge in [0.25, 0.3) is 0 Å². The van der Waals surface area contributed by atoms with Crippen molar-refractivity contribution in [1.29, 1.82) is 0 Å². The summed E-state index contributed by atoms with van der Waals surface area (Å²) in [5, 5.41) is 0. The summed E-state index contributed by atoms with van der Waals surface area (Å²) < 4.78 is 25.8. The predicted octanol–water partition coefficient (Wildman–Crippen LogP) is 2.60. The highest BCUT2D eigenvalue weighted by molar-refractivity contribution is 9.10. The molecule has 0 unspecified atom stereocenters. The molecule has 2 nitrogen and oxygen atoms in total. The molecule has 2 aromatic rings. The molecule has 0 aliphatic carbocycles. The van der Waals surface area contributed by atoms with Crippen LogP contribution in [0.2, 0.25) is 0 Å². The number of benzene rings is 1. The molecule has 0 aliphatic rings. The molecule has 0 bridgehead atoms. The van der Waals surface area contributed by atoms with Gasteiger partial charge in [0.1, 0.15) is 11.3 Å². The zero-order chi connectivity index (χ0) is 8.72. The van der Waals surface area contributed by atoms with E-state index in [0.717, 1.165) is 0 Å². The van der Waals surface area contributed by atoms with Crippen LogP contribution in [0.5, 0.6) is 0 Å². The van der Waals surface area contributed by atoms with E-state index >= 15 is 0 Å². The van der Waals surface area contributed by atoms with Gasteiger partial charge in [0.2, 0.25) is 0 Å². The Hall–Kier alpha value is -0.970. The maximum absolute atomic E-state index is 13.1. The molecule has 0 radical (unpaired) electrons. The Morgan fingerprint density at radius 1 is 1.42 bits per heavy atom. The smallest absolute Gasteiger partial charge is 0.168 e. The van der Waals surface area contributed by atoms with Crippen molar-refractivity contribution in [2.75, 3.05) is 0 Å². The van der Waals surface area contributed by atoms with Crippen molar-refractivity contribution in [2.45, 2.75) is 0 Å². The van der Waals surface area contributed by atoms with E-state index in [4.69, 9.17) is 0 Å². The second kappa shape index (κ2) is 2.52. The lowest BCUT2D eigenvalue weighted by atomic mass is 10.3. The molecular weight excluding hydrogens is 230 g/mol. The van der Waals surface area contributed by atoms with Crippen molar-refractivity contribution >= 4 is 27.0 Å². The first kappa shape index (κ1) is 7.67. The lowest BCUT2D eigenvalue weighted by molar-refractivity contribution is 0.579. The number of halogens is 3. The van der Waals surface area contributed by atoms with Gasteiger partial charge in [0, 0.05) is 6.07 Å². The molecule has 0 amide bonds. The summed E-state index contributed by atoms with van der Waals surface area (Å²) in [4.78, 5) is 6.31. The van der Waals surface area contributed by atoms with Crippen LogP contribution in [0.15, 0.2) is 16.9 Å². The number of nitrogens with zero attached hydrogens (tertiary/aromatic N) is 1. The van der Waals surface area contributed by atoms with Crippen LogP contribution in [0.1, 0.15) is 0 Å². The fourth-order valence-corrected chi connectivity index (χ4v) is 1.29. The SMILES string of the molecule is Fc1cc2[nH]cnc2c(F)c1Br. The van der Waals surface area contributed by atoms with Gasteiger partial charge in [-0.25, -0.2) is 13.8 Å². The van der Waals surface area contributed by atoms with Gasteiger partial charge in [0.05, 0.1) is 16.3 Å². The monoisotopic (exact) mass is 232 g/mol. The Bertz CT molecular complexity index is 438. The van der Waals surface area contributed by atoms with Crippen LogP contribution in [0, 0.1) is 11.6 Å². The Morgan fingerprint density at radius 3 is 2.92 bits per heavy atom. The van der Waals surface area contributed by atoms with E-state index in [0.29, 0.717) is 5.52 Å². The largest absolute Gasteiger partial charge is 0.344 e. The van der Waals surface area contributed by atoms with Crippen LogP contribution in [0.3, 0.4) is 0 Å². The van der Waals surface area contributed by atoms with E-state index in [-0.39, 0.29) is 9.99 Å². The van der Waals surface area contributed by atoms with E-state index in [1.165, 1.54) is 12.4 Å². The van der Waals surface area contributed by atoms with Crippen LogP contribution in [0.25, 0.3) is 11.0 Å². The Kier molecular flexibility index (Phi) is 1.61. The standard InChI is InChI=1S/C7H3BrF2N2/c8-5-3(9)1-4-7(6(5)10)12-2-11-4/h1-2H,(H,11,12). The fourth-order valence-electron chi connectivity index (χ4n) is 0.988. The molecule has 0 fully saturated rings. The average molecular weight is 233 g/mol. The van der Waals surface area contributed by atoms with Gasteiger partial charge in [-0.3, -0.25) is 0 Å². The summed E-state index contributed by atoms with van der Waals surface area (Å²) in [6.07, 6.45) is 1.32. The molecule has 0 aliphatic heterocycles. The maximum atomic E-state index is 13.1. The molecule has 0 spiro atoms. The number of hydrogen-bond acceptors (Lipinski definition) is 1. The normalized spacial score (nSPS) is 10.9. The van der Waals surface area contributed by atoms with Gasteiger partial charge in [-0.1, -0.05) is 0 Å². The minimum atomic E-state index is -0.675. The molecule has 2 rings (SSSR count). The summed E-state index contributed by atoms with van der Waals surface area (Å²) in [6, 6.07) is 1.19. The van der Waals surface area contributed by atoms with Gasteiger partial charge >= 0.3 is 0 Å². The van der Waals surface area contributed by atoms with E-state index in [9.17, 15) is 8.78 Å². The Balaban J connectivity index is 2.94. The molecular formula is C7H3BrF2N2. The molecule has 1 aromatic heterocycles. The number of fused-ring (bicyclic) bond motifs is 1. The molecule has 0 saturated carbocycles. The minimum Gasteiger partial charge on any atom is -0.344 e. The van der Waals surface area contributed by atoms with Crippen LogP contribution >= 0.6 is 15.9 Å². The first-order chi connectivity index (χ1) is 5.70. The lowest BCUT2D eigenvalue weighted by Crippen LogP contribution is -1.85. The van der Waals surface area contributed by atoms with Crippen molar-refractivity contribution in [2.24, 2.45) is 0 Å². The van der Waals surface area contributed by atoms with Gasteiger partial charge in [-0.2, -0.15) is 0 Å². The minimum absolute atomic E-state index is 0.142.